The molecule has 0 fully saturated rings. The Balaban J connectivity index is 4.72. The number of carbonyl (C=O) groups excluding carboxylic acids is 3. The first-order chi connectivity index (χ1) is 11.6. The van der Waals surface area contributed by atoms with E-state index >= 15 is 0 Å². The third-order valence-electron chi connectivity index (χ3n) is 2.73. The molecule has 0 aromatic heterocycles. The van der Waals surface area contributed by atoms with E-state index in [0.29, 0.717) is 0 Å². The molecule has 0 aliphatic heterocycles. The number of ether oxygens (including phenoxy) is 3. The molecule has 140 valence electrons. The number of nitrogens with zero attached hydrogens (tertiary/aromatic N) is 1. The highest BCUT2D eigenvalue weighted by Gasteiger charge is 2.31. The highest BCUT2D eigenvalue weighted by Crippen LogP contribution is 2.08. The van der Waals surface area contributed by atoms with Crippen LogP contribution in [0.2, 0.25) is 0 Å². The number of amides is 1. The number of likely N-dealkylation sites (N-methyl/N-ethyl adjacent to an activating group) is 1. The highest BCUT2D eigenvalue weighted by molar-refractivity contribution is 5.81. The summed E-state index contributed by atoms with van der Waals surface area (Å²) >= 11 is 0. The molecule has 0 aromatic carbocycles. The Kier molecular flexibility index (Phi) is 9.80. The summed E-state index contributed by atoms with van der Waals surface area (Å²) < 4.78 is 16.2. The Morgan fingerprint density at radius 3 is 2.04 bits per heavy atom. The molecule has 0 saturated heterocycles. The summed E-state index contributed by atoms with van der Waals surface area (Å²) in [4.78, 5) is 34.3. The second-order valence-corrected chi connectivity index (χ2v) is 5.60. The van der Waals surface area contributed by atoms with Crippen molar-refractivity contribution in [1.82, 2.24) is 5.32 Å². The van der Waals surface area contributed by atoms with Crippen LogP contribution in [0.4, 0.5) is 4.79 Å². The van der Waals surface area contributed by atoms with E-state index in [0.717, 1.165) is 12.2 Å². The van der Waals surface area contributed by atoms with Crippen LogP contribution in [-0.4, -0.2) is 79.5 Å². The Morgan fingerprint density at radius 2 is 1.64 bits per heavy atom. The highest BCUT2D eigenvalue weighted by atomic mass is 16.6. The summed E-state index contributed by atoms with van der Waals surface area (Å²) in [5.41, 5.74) is -1.25. The van der Waals surface area contributed by atoms with Crippen LogP contribution in [0.1, 0.15) is 6.92 Å². The number of nitrogens with one attached hydrogen (secondary N) is 1. The Bertz CT molecular complexity index is 507. The predicted octanol–water partition coefficient (Wildman–Crippen LogP) is -0.366. The first kappa shape index (κ1) is 22.3. The quantitative estimate of drug-likeness (QED) is 0.170. The number of rotatable bonds is 11. The van der Waals surface area contributed by atoms with Gasteiger partial charge >= 0.3 is 18.0 Å². The summed E-state index contributed by atoms with van der Waals surface area (Å²) in [5, 5.41) is 12.1. The van der Waals surface area contributed by atoms with Crippen molar-refractivity contribution < 1.29 is 38.3 Å². The van der Waals surface area contributed by atoms with Crippen LogP contribution in [0.3, 0.4) is 0 Å². The van der Waals surface area contributed by atoms with Gasteiger partial charge in [0.05, 0.1) is 0 Å². The van der Waals surface area contributed by atoms with E-state index < -0.39 is 29.7 Å². The molecular weight excluding hydrogens is 332 g/mol. The molecule has 1 atom stereocenters. The van der Waals surface area contributed by atoms with Crippen LogP contribution in [0.25, 0.3) is 0 Å². The molecule has 1 unspecified atom stereocenters. The minimum absolute atomic E-state index is 0.207. The van der Waals surface area contributed by atoms with Gasteiger partial charge in [-0.2, -0.15) is 0 Å². The normalized spacial score (nSPS) is 11.6. The summed E-state index contributed by atoms with van der Waals surface area (Å²) in [6.07, 6.45) is 0.120. The minimum Gasteiger partial charge on any atom is -0.460 e. The van der Waals surface area contributed by atoms with Crippen LogP contribution in [0, 0.1) is 0 Å². The molecule has 0 radical (unpaired) electrons. The zero-order valence-electron chi connectivity index (χ0n) is 14.5. The zero-order chi connectivity index (χ0) is 19.5. The Labute approximate surface area is 146 Å². The van der Waals surface area contributed by atoms with E-state index in [1.165, 1.54) is 11.5 Å². The lowest BCUT2D eigenvalue weighted by molar-refractivity contribution is -0.498. The van der Waals surface area contributed by atoms with Gasteiger partial charge in [0.1, 0.15) is 45.2 Å². The van der Waals surface area contributed by atoms with E-state index in [9.17, 15) is 19.5 Å². The van der Waals surface area contributed by atoms with Gasteiger partial charge in [0, 0.05) is 12.2 Å². The molecule has 0 rings (SSSR count). The van der Waals surface area contributed by atoms with E-state index in [1.54, 1.807) is 7.05 Å². The van der Waals surface area contributed by atoms with Gasteiger partial charge in [-0.05, 0) is 6.92 Å². The van der Waals surface area contributed by atoms with E-state index in [2.05, 4.69) is 25.2 Å². The van der Waals surface area contributed by atoms with Gasteiger partial charge in [-0.3, -0.25) is 0 Å². The molecule has 0 aliphatic carbocycles. The molecule has 25 heavy (non-hydrogen) atoms. The van der Waals surface area contributed by atoms with Gasteiger partial charge in [0.25, 0.3) is 0 Å². The summed E-state index contributed by atoms with van der Waals surface area (Å²) in [6.45, 7) is 10.9. The smallest absolute Gasteiger partial charge is 0.407 e. The van der Waals surface area contributed by atoms with Gasteiger partial charge < -0.3 is 24.6 Å². The third kappa shape index (κ3) is 10.7. The topological polar surface area (TPSA) is 114 Å². The average molecular weight is 357 g/mol. The number of carbonyl (C=O) groups is 3. The lowest BCUT2D eigenvalue weighted by atomic mass is 10.1. The van der Waals surface area contributed by atoms with Crippen LogP contribution in [0.5, 0.6) is 0 Å². The average Bonchev–Trinajstić information content (AvgIpc) is 2.55. The zero-order valence-corrected chi connectivity index (χ0v) is 14.5. The number of aliphatic hydroxyl groups is 1. The van der Waals surface area contributed by atoms with Crippen LogP contribution >= 0.6 is 0 Å². The van der Waals surface area contributed by atoms with E-state index in [1.807, 2.05) is 0 Å². The number of esters is 2. The Hall–Kier alpha value is -2.68. The molecule has 0 bridgehead atoms. The van der Waals surface area contributed by atoms with Gasteiger partial charge in [0.2, 0.25) is 0 Å². The SMILES string of the molecule is C=CC(=O)OCC(C)(COC(=O)C=C)NC(=O)OCC(O)C[N+](=C)C. The molecule has 0 spiro atoms. The lowest BCUT2D eigenvalue weighted by Gasteiger charge is -2.29. The van der Waals surface area contributed by atoms with Gasteiger partial charge in [-0.1, -0.05) is 13.2 Å². The van der Waals surface area contributed by atoms with Crippen LogP contribution in [0.15, 0.2) is 25.3 Å². The monoisotopic (exact) mass is 357 g/mol. The number of hydrogen-bond donors (Lipinski definition) is 2. The molecule has 9 heteroatoms. The molecule has 0 heterocycles. The lowest BCUT2D eigenvalue weighted by Crippen LogP contribution is -2.54. The van der Waals surface area contributed by atoms with Gasteiger partial charge in [-0.25, -0.2) is 19.0 Å². The fraction of sp³-hybridized carbons (Fsp3) is 0.500. The molecule has 0 aromatic rings. The number of hydrogen-bond acceptors (Lipinski definition) is 7. The van der Waals surface area contributed by atoms with Crippen molar-refractivity contribution >= 4 is 24.7 Å². The van der Waals surface area contributed by atoms with Crippen molar-refractivity contribution in [3.8, 4) is 0 Å². The maximum atomic E-state index is 11.9. The Morgan fingerprint density at radius 1 is 1.16 bits per heavy atom. The van der Waals surface area contributed by atoms with Crippen molar-refractivity contribution in [3.63, 3.8) is 0 Å². The summed E-state index contributed by atoms with van der Waals surface area (Å²) in [6, 6.07) is 0. The van der Waals surface area contributed by atoms with E-state index in [4.69, 9.17) is 14.2 Å². The van der Waals surface area contributed by atoms with Crippen molar-refractivity contribution in [1.29, 1.82) is 0 Å². The van der Waals surface area contributed by atoms with Crippen LogP contribution < -0.4 is 5.32 Å². The van der Waals surface area contributed by atoms with Crippen molar-refractivity contribution in [2.75, 3.05) is 33.4 Å². The number of aliphatic hydroxyl groups excluding tert-OH is 1. The first-order valence-electron chi connectivity index (χ1n) is 7.35. The predicted molar refractivity (Wildman–Crippen MR) is 89.4 cm³/mol. The number of alkyl carbamates (subject to hydrolysis) is 1. The molecule has 0 saturated carbocycles. The maximum Gasteiger partial charge on any atom is 0.407 e. The fourth-order valence-corrected chi connectivity index (χ4v) is 1.56. The standard InChI is InChI=1S/C16H24N2O7/c1-6-13(20)24-10-16(3,11-25-14(21)7-2)17-15(22)23-9-12(19)8-18(4)5/h6-7,12,19H,1-2,4,8-11H2,3,5H3/p+1. The molecule has 2 N–H and O–H groups in total. The molecule has 9 nitrogen and oxygen atoms in total. The minimum atomic E-state index is -1.25. The molecule has 0 aliphatic rings. The van der Waals surface area contributed by atoms with Crippen molar-refractivity contribution in [2.45, 2.75) is 18.6 Å². The van der Waals surface area contributed by atoms with Gasteiger partial charge in [-0.15, -0.1) is 0 Å². The van der Waals surface area contributed by atoms with Crippen molar-refractivity contribution in [3.05, 3.63) is 25.3 Å². The fourth-order valence-electron chi connectivity index (χ4n) is 1.56. The largest absolute Gasteiger partial charge is 0.460 e. The van der Waals surface area contributed by atoms with Gasteiger partial charge in [0.15, 0.2) is 6.54 Å². The summed E-state index contributed by atoms with van der Waals surface area (Å²) in [7, 11) is 1.66. The molecule has 1 amide bonds. The maximum absolute atomic E-state index is 11.9. The third-order valence-corrected chi connectivity index (χ3v) is 2.73. The van der Waals surface area contributed by atoms with Crippen molar-refractivity contribution in [2.24, 2.45) is 0 Å². The second kappa shape index (κ2) is 11.0. The first-order valence-corrected chi connectivity index (χ1v) is 7.35. The summed E-state index contributed by atoms with van der Waals surface area (Å²) in [5.74, 6) is -1.41. The molecular formula is C16H25N2O7+. The van der Waals surface area contributed by atoms with Crippen LogP contribution in [-0.2, 0) is 23.8 Å². The second-order valence-electron chi connectivity index (χ2n) is 5.60. The van der Waals surface area contributed by atoms with E-state index in [-0.39, 0.29) is 26.4 Å².